The van der Waals surface area contributed by atoms with Crippen LogP contribution in [0.4, 0.5) is 0 Å². The van der Waals surface area contributed by atoms with Crippen molar-refractivity contribution in [2.24, 2.45) is 0 Å². The summed E-state index contributed by atoms with van der Waals surface area (Å²) in [4.78, 5) is 3.60. The summed E-state index contributed by atoms with van der Waals surface area (Å²) in [5.74, 6) is 0.888. The zero-order chi connectivity index (χ0) is 14.2. The third-order valence-corrected chi connectivity index (χ3v) is 5.69. The summed E-state index contributed by atoms with van der Waals surface area (Å²) in [6.07, 6.45) is 5.23. The molecule has 22 heavy (non-hydrogen) atoms. The summed E-state index contributed by atoms with van der Waals surface area (Å²) in [6, 6.07) is 8.33. The summed E-state index contributed by atoms with van der Waals surface area (Å²) in [6.45, 7) is 0.874. The van der Waals surface area contributed by atoms with Gasteiger partial charge in [0.05, 0.1) is 10.6 Å². The van der Waals surface area contributed by atoms with E-state index in [0.29, 0.717) is 6.04 Å². The molecule has 2 aliphatic heterocycles. The molecule has 2 bridgehead atoms. The van der Waals surface area contributed by atoms with Gasteiger partial charge in [-0.3, -0.25) is 4.90 Å². The molecule has 6 heteroatoms. The number of nitrogens with zero attached hydrogens (tertiary/aromatic N) is 2. The lowest BCUT2D eigenvalue weighted by atomic mass is 9.98. The van der Waals surface area contributed by atoms with Gasteiger partial charge >= 0.3 is 0 Å². The van der Waals surface area contributed by atoms with Gasteiger partial charge in [-0.2, -0.15) is 0 Å². The molecule has 2 atom stereocenters. The first-order valence-electron chi connectivity index (χ1n) is 7.73. The molecular formula is C16H22ClN3OS. The van der Waals surface area contributed by atoms with Crippen molar-refractivity contribution >= 4 is 23.7 Å². The number of halogens is 1. The lowest BCUT2D eigenvalue weighted by Gasteiger charge is -2.35. The van der Waals surface area contributed by atoms with E-state index in [1.54, 1.807) is 11.3 Å². The van der Waals surface area contributed by atoms with E-state index >= 15 is 0 Å². The number of fused-ring (bicyclic) bond motifs is 2. The molecule has 0 aliphatic carbocycles. The molecule has 0 amide bonds. The second-order valence-electron chi connectivity index (χ2n) is 6.34. The van der Waals surface area contributed by atoms with Crippen molar-refractivity contribution in [1.29, 1.82) is 0 Å². The summed E-state index contributed by atoms with van der Waals surface area (Å²) in [5, 5.41) is 10.0. The van der Waals surface area contributed by atoms with E-state index in [0.717, 1.165) is 35.0 Å². The molecule has 2 fully saturated rings. The van der Waals surface area contributed by atoms with Crippen molar-refractivity contribution in [2.45, 2.75) is 50.4 Å². The van der Waals surface area contributed by atoms with Crippen LogP contribution >= 0.6 is 23.7 Å². The Hall–Kier alpha value is -0.880. The first-order chi connectivity index (χ1) is 10.3. The van der Waals surface area contributed by atoms with Crippen LogP contribution in [0, 0.1) is 0 Å². The summed E-state index contributed by atoms with van der Waals surface area (Å²) < 4.78 is 5.47. The van der Waals surface area contributed by atoms with Crippen LogP contribution in [0.1, 0.15) is 31.4 Å². The van der Waals surface area contributed by atoms with Crippen LogP contribution < -0.4 is 5.32 Å². The van der Waals surface area contributed by atoms with Gasteiger partial charge in [0.2, 0.25) is 0 Å². The van der Waals surface area contributed by atoms with E-state index in [1.807, 2.05) is 6.07 Å². The SMILES string of the molecule is CN(Cc1cc(-c2cccs2)on1)C1CC2CCC(C1)N2.Cl. The van der Waals surface area contributed by atoms with Crippen molar-refractivity contribution in [3.8, 4) is 10.6 Å². The van der Waals surface area contributed by atoms with E-state index in [-0.39, 0.29) is 12.4 Å². The zero-order valence-corrected chi connectivity index (χ0v) is 14.3. The number of nitrogens with one attached hydrogen (secondary N) is 1. The number of thiophene rings is 1. The Morgan fingerprint density at radius 1 is 1.36 bits per heavy atom. The highest BCUT2D eigenvalue weighted by molar-refractivity contribution is 7.13. The molecular weight excluding hydrogens is 318 g/mol. The fourth-order valence-corrected chi connectivity index (χ4v) is 4.37. The van der Waals surface area contributed by atoms with E-state index in [1.165, 1.54) is 25.7 Å². The molecule has 120 valence electrons. The van der Waals surface area contributed by atoms with Gasteiger partial charge in [0, 0.05) is 30.7 Å². The largest absolute Gasteiger partial charge is 0.355 e. The molecule has 4 rings (SSSR count). The molecule has 1 N–H and O–H groups in total. The standard InChI is InChI=1S/C16H21N3OS.ClH/c1-19(14-7-11-4-5-12(8-14)17-11)10-13-9-15(20-18-13)16-3-2-6-21-16;/h2-3,6,9,11-12,14,17H,4-5,7-8,10H2,1H3;1H. The van der Waals surface area contributed by atoms with Crippen LogP contribution in [0.5, 0.6) is 0 Å². The number of hydrogen-bond donors (Lipinski definition) is 1. The fourth-order valence-electron chi connectivity index (χ4n) is 3.69. The Morgan fingerprint density at radius 2 is 2.14 bits per heavy atom. The molecule has 0 spiro atoms. The third-order valence-electron chi connectivity index (χ3n) is 4.81. The molecule has 2 aliphatic rings. The monoisotopic (exact) mass is 339 g/mol. The summed E-state index contributed by atoms with van der Waals surface area (Å²) in [5.41, 5.74) is 1.03. The van der Waals surface area contributed by atoms with Crippen LogP contribution in [0.25, 0.3) is 10.6 Å². The highest BCUT2D eigenvalue weighted by Gasteiger charge is 2.35. The highest BCUT2D eigenvalue weighted by atomic mass is 35.5. The molecule has 2 saturated heterocycles. The van der Waals surface area contributed by atoms with Crippen LogP contribution in [0.2, 0.25) is 0 Å². The predicted molar refractivity (Wildman–Crippen MR) is 91.5 cm³/mol. The molecule has 0 radical (unpaired) electrons. The van der Waals surface area contributed by atoms with Crippen molar-refractivity contribution in [1.82, 2.24) is 15.4 Å². The van der Waals surface area contributed by atoms with E-state index in [9.17, 15) is 0 Å². The minimum absolute atomic E-state index is 0. The van der Waals surface area contributed by atoms with Gasteiger partial charge in [0.15, 0.2) is 5.76 Å². The minimum atomic E-state index is 0. The Balaban J connectivity index is 0.00000144. The zero-order valence-electron chi connectivity index (χ0n) is 12.7. The van der Waals surface area contributed by atoms with Crippen LogP contribution in [-0.4, -0.2) is 35.2 Å². The first kappa shape index (κ1) is 16.0. The normalized spacial score (nSPS) is 27.1. The van der Waals surface area contributed by atoms with E-state index < -0.39 is 0 Å². The maximum absolute atomic E-state index is 5.47. The van der Waals surface area contributed by atoms with Crippen LogP contribution in [0.15, 0.2) is 28.1 Å². The molecule has 2 aromatic rings. The Labute approximate surface area is 141 Å². The number of rotatable bonds is 4. The van der Waals surface area contributed by atoms with Crippen LogP contribution in [-0.2, 0) is 6.54 Å². The molecule has 4 nitrogen and oxygen atoms in total. The van der Waals surface area contributed by atoms with E-state index in [4.69, 9.17) is 4.52 Å². The maximum atomic E-state index is 5.47. The maximum Gasteiger partial charge on any atom is 0.177 e. The average molecular weight is 340 g/mol. The number of aromatic nitrogens is 1. The van der Waals surface area contributed by atoms with Gasteiger partial charge < -0.3 is 9.84 Å². The van der Waals surface area contributed by atoms with Gasteiger partial charge in [-0.1, -0.05) is 11.2 Å². The average Bonchev–Trinajstić information content (AvgIpc) is 3.20. The first-order valence-corrected chi connectivity index (χ1v) is 8.61. The smallest absolute Gasteiger partial charge is 0.177 e. The van der Waals surface area contributed by atoms with Crippen molar-refractivity contribution in [2.75, 3.05) is 7.05 Å². The molecule has 2 aromatic heterocycles. The minimum Gasteiger partial charge on any atom is -0.355 e. The summed E-state index contributed by atoms with van der Waals surface area (Å²) in [7, 11) is 2.22. The quantitative estimate of drug-likeness (QED) is 0.925. The Morgan fingerprint density at radius 3 is 2.82 bits per heavy atom. The second kappa shape index (κ2) is 6.71. The lowest BCUT2D eigenvalue weighted by Crippen LogP contribution is -2.46. The fraction of sp³-hybridized carbons (Fsp3) is 0.562. The van der Waals surface area contributed by atoms with Crippen molar-refractivity contribution < 1.29 is 4.52 Å². The highest BCUT2D eigenvalue weighted by Crippen LogP contribution is 2.30. The Bertz CT molecular complexity index is 588. The van der Waals surface area contributed by atoms with Crippen molar-refractivity contribution in [3.63, 3.8) is 0 Å². The van der Waals surface area contributed by atoms with Gasteiger partial charge in [0.25, 0.3) is 0 Å². The number of piperidine rings is 1. The molecule has 0 aromatic carbocycles. The van der Waals surface area contributed by atoms with Gasteiger partial charge in [0.1, 0.15) is 0 Å². The topological polar surface area (TPSA) is 41.3 Å². The third kappa shape index (κ3) is 3.23. The van der Waals surface area contributed by atoms with E-state index in [2.05, 4.69) is 39.9 Å². The molecule has 4 heterocycles. The van der Waals surface area contributed by atoms with Gasteiger partial charge in [-0.25, -0.2) is 0 Å². The van der Waals surface area contributed by atoms with Gasteiger partial charge in [-0.05, 0) is 44.2 Å². The molecule has 0 saturated carbocycles. The van der Waals surface area contributed by atoms with Gasteiger partial charge in [-0.15, -0.1) is 23.7 Å². The summed E-state index contributed by atoms with van der Waals surface area (Å²) >= 11 is 1.69. The van der Waals surface area contributed by atoms with Crippen molar-refractivity contribution in [3.05, 3.63) is 29.3 Å². The van der Waals surface area contributed by atoms with Crippen LogP contribution in [0.3, 0.4) is 0 Å². The molecule has 2 unspecified atom stereocenters. The predicted octanol–water partition coefficient (Wildman–Crippen LogP) is 3.54. The lowest BCUT2D eigenvalue weighted by molar-refractivity contribution is 0.162. The number of hydrogen-bond acceptors (Lipinski definition) is 5. The second-order valence-corrected chi connectivity index (χ2v) is 7.29. The Kier molecular flexibility index (Phi) is 4.88.